The molecule has 0 amide bonds. The molecule has 3 rings (SSSR count). The van der Waals surface area contributed by atoms with Gasteiger partial charge in [-0.2, -0.15) is 0 Å². The summed E-state index contributed by atoms with van der Waals surface area (Å²) in [5, 5.41) is 13.8. The molecule has 132 valence electrons. The number of benzene rings is 2. The van der Waals surface area contributed by atoms with E-state index in [1.54, 1.807) is 0 Å². The molecule has 2 atom stereocenters. The number of aromatic amines is 1. The van der Waals surface area contributed by atoms with Gasteiger partial charge < -0.3 is 15.4 Å². The van der Waals surface area contributed by atoms with Crippen LogP contribution in [0.15, 0.2) is 60.8 Å². The van der Waals surface area contributed by atoms with Crippen molar-refractivity contribution < 1.29 is 9.90 Å². The Hall–Kier alpha value is -2.30. The number of hydrogen-bond acceptors (Lipinski definition) is 2. The first-order valence-electron chi connectivity index (χ1n) is 8.21. The molecule has 0 aliphatic heterocycles. The van der Waals surface area contributed by atoms with Crippen LogP contribution >= 0.6 is 12.4 Å². The van der Waals surface area contributed by atoms with Crippen LogP contribution in [0, 0.1) is 0 Å². The van der Waals surface area contributed by atoms with Gasteiger partial charge in [0.05, 0.1) is 0 Å². The molecule has 0 aliphatic rings. The molecule has 1 heterocycles. The molecule has 0 saturated carbocycles. The average Bonchev–Trinajstić information content (AvgIpc) is 3.02. The summed E-state index contributed by atoms with van der Waals surface area (Å²) in [6, 6.07) is 17.5. The van der Waals surface area contributed by atoms with Crippen LogP contribution in [-0.2, 0) is 11.2 Å². The number of hydrogen-bond donors (Lipinski definition) is 3. The topological polar surface area (TPSA) is 65.1 Å². The molecule has 0 spiro atoms. The molecule has 0 radical (unpaired) electrons. The summed E-state index contributed by atoms with van der Waals surface area (Å²) in [5.74, 6) is -0.559. The Balaban J connectivity index is 0.00000225. The highest BCUT2D eigenvalue weighted by molar-refractivity contribution is 5.85. The number of carbonyl (C=O) groups is 1. The monoisotopic (exact) mass is 358 g/mol. The summed E-state index contributed by atoms with van der Waals surface area (Å²) < 4.78 is 0. The molecule has 2 unspecified atom stereocenters. The number of rotatable bonds is 7. The minimum Gasteiger partial charge on any atom is -0.480 e. The summed E-state index contributed by atoms with van der Waals surface area (Å²) >= 11 is 0. The second-order valence-electron chi connectivity index (χ2n) is 6.17. The first-order valence-corrected chi connectivity index (χ1v) is 8.21. The van der Waals surface area contributed by atoms with Gasteiger partial charge in [0.15, 0.2) is 0 Å². The fourth-order valence-corrected chi connectivity index (χ4v) is 2.99. The fraction of sp³-hybridized carbons (Fsp3) is 0.250. The van der Waals surface area contributed by atoms with Crippen molar-refractivity contribution in [3.8, 4) is 0 Å². The number of fused-ring (bicyclic) bond motifs is 1. The summed E-state index contributed by atoms with van der Waals surface area (Å²) in [6.07, 6.45) is 2.36. The van der Waals surface area contributed by atoms with Crippen molar-refractivity contribution in [2.45, 2.75) is 25.3 Å². The standard InChI is InChI=1S/C20H22N2O2.ClH/c1-14(15-7-3-2-4-8-15)12-21-19(20(23)24)11-16-13-22-18-10-6-5-9-17(16)18;/h2-10,13-14,19,21-22H,11-12H2,1H3,(H,23,24);1H. The van der Waals surface area contributed by atoms with E-state index in [1.165, 1.54) is 5.56 Å². The van der Waals surface area contributed by atoms with Crippen molar-refractivity contribution >= 4 is 29.3 Å². The molecule has 0 bridgehead atoms. The summed E-state index contributed by atoms with van der Waals surface area (Å²) in [7, 11) is 0. The van der Waals surface area contributed by atoms with Crippen LogP contribution in [0.1, 0.15) is 24.0 Å². The summed E-state index contributed by atoms with van der Waals surface area (Å²) in [5.41, 5.74) is 3.27. The molecule has 25 heavy (non-hydrogen) atoms. The lowest BCUT2D eigenvalue weighted by Crippen LogP contribution is -2.40. The Morgan fingerprint density at radius 3 is 2.52 bits per heavy atom. The second-order valence-corrected chi connectivity index (χ2v) is 6.17. The molecule has 0 saturated heterocycles. The van der Waals surface area contributed by atoms with Gasteiger partial charge >= 0.3 is 5.97 Å². The molecular formula is C20H23ClN2O2. The lowest BCUT2D eigenvalue weighted by Gasteiger charge is -2.18. The van der Waals surface area contributed by atoms with Crippen molar-refractivity contribution in [1.82, 2.24) is 10.3 Å². The Bertz CT molecular complexity index is 817. The number of H-pyrrole nitrogens is 1. The Morgan fingerprint density at radius 2 is 1.80 bits per heavy atom. The van der Waals surface area contributed by atoms with E-state index in [2.05, 4.69) is 29.4 Å². The van der Waals surface area contributed by atoms with Crippen LogP contribution in [0.3, 0.4) is 0 Å². The molecule has 1 aromatic heterocycles. The van der Waals surface area contributed by atoms with Crippen molar-refractivity contribution in [2.75, 3.05) is 6.54 Å². The number of aliphatic carboxylic acids is 1. The zero-order valence-electron chi connectivity index (χ0n) is 14.1. The maximum absolute atomic E-state index is 11.6. The summed E-state index contributed by atoms with van der Waals surface area (Å²) in [6.45, 7) is 2.73. The van der Waals surface area contributed by atoms with Crippen LogP contribution in [0.5, 0.6) is 0 Å². The van der Waals surface area contributed by atoms with Gasteiger partial charge in [0.1, 0.15) is 6.04 Å². The van der Waals surface area contributed by atoms with Crippen molar-refractivity contribution in [3.05, 3.63) is 71.9 Å². The number of para-hydroxylation sites is 1. The van der Waals surface area contributed by atoms with Gasteiger partial charge in [0, 0.05) is 30.1 Å². The fourth-order valence-electron chi connectivity index (χ4n) is 2.99. The van der Waals surface area contributed by atoms with E-state index < -0.39 is 12.0 Å². The number of aromatic nitrogens is 1. The Labute approximate surface area is 153 Å². The molecule has 4 nitrogen and oxygen atoms in total. The van der Waals surface area contributed by atoms with Crippen LogP contribution in [0.2, 0.25) is 0 Å². The van der Waals surface area contributed by atoms with E-state index in [0.29, 0.717) is 13.0 Å². The molecule has 2 aromatic carbocycles. The van der Waals surface area contributed by atoms with Gasteiger partial charge in [-0.15, -0.1) is 12.4 Å². The molecule has 3 aromatic rings. The van der Waals surface area contributed by atoms with Crippen molar-refractivity contribution in [3.63, 3.8) is 0 Å². The van der Waals surface area contributed by atoms with Gasteiger partial charge in [-0.1, -0.05) is 55.5 Å². The highest BCUT2D eigenvalue weighted by atomic mass is 35.5. The SMILES string of the molecule is CC(CNC(Cc1c[nH]c2ccccc12)C(=O)O)c1ccccc1.Cl. The molecule has 0 aliphatic carbocycles. The van der Waals surface area contributed by atoms with Crippen LogP contribution in [0.4, 0.5) is 0 Å². The molecule has 3 N–H and O–H groups in total. The van der Waals surface area contributed by atoms with Crippen LogP contribution < -0.4 is 5.32 Å². The minimum atomic E-state index is -0.819. The first kappa shape index (κ1) is 19.0. The van der Waals surface area contributed by atoms with Crippen LogP contribution in [0.25, 0.3) is 10.9 Å². The third-order valence-corrected chi connectivity index (χ3v) is 4.44. The second kappa shape index (κ2) is 8.70. The van der Waals surface area contributed by atoms with E-state index >= 15 is 0 Å². The predicted molar refractivity (Wildman–Crippen MR) is 104 cm³/mol. The third kappa shape index (κ3) is 4.62. The van der Waals surface area contributed by atoms with E-state index in [-0.39, 0.29) is 18.3 Å². The van der Waals surface area contributed by atoms with Gasteiger partial charge in [-0.05, 0) is 23.1 Å². The van der Waals surface area contributed by atoms with Gasteiger partial charge in [-0.25, -0.2) is 0 Å². The van der Waals surface area contributed by atoms with E-state index in [0.717, 1.165) is 16.5 Å². The van der Waals surface area contributed by atoms with Gasteiger partial charge in [0.25, 0.3) is 0 Å². The average molecular weight is 359 g/mol. The molecule has 5 heteroatoms. The van der Waals surface area contributed by atoms with Crippen molar-refractivity contribution in [2.24, 2.45) is 0 Å². The van der Waals surface area contributed by atoms with E-state index in [4.69, 9.17) is 0 Å². The third-order valence-electron chi connectivity index (χ3n) is 4.44. The highest BCUT2D eigenvalue weighted by Crippen LogP contribution is 2.20. The van der Waals surface area contributed by atoms with Gasteiger partial charge in [-0.3, -0.25) is 4.79 Å². The van der Waals surface area contributed by atoms with E-state index in [1.807, 2.05) is 48.7 Å². The number of halogens is 1. The summed E-state index contributed by atoms with van der Waals surface area (Å²) in [4.78, 5) is 14.8. The largest absolute Gasteiger partial charge is 0.480 e. The number of carboxylic acid groups (broad SMARTS) is 1. The normalized spacial score (nSPS) is 13.2. The quantitative estimate of drug-likeness (QED) is 0.598. The Kier molecular flexibility index (Phi) is 6.62. The van der Waals surface area contributed by atoms with Gasteiger partial charge in [0.2, 0.25) is 0 Å². The predicted octanol–water partition coefficient (Wildman–Crippen LogP) is 3.98. The lowest BCUT2D eigenvalue weighted by molar-refractivity contribution is -0.139. The maximum atomic E-state index is 11.6. The Morgan fingerprint density at radius 1 is 1.12 bits per heavy atom. The minimum absolute atomic E-state index is 0. The van der Waals surface area contributed by atoms with Crippen molar-refractivity contribution in [1.29, 1.82) is 0 Å². The zero-order chi connectivity index (χ0) is 16.9. The zero-order valence-corrected chi connectivity index (χ0v) is 14.9. The van der Waals surface area contributed by atoms with Crippen LogP contribution in [-0.4, -0.2) is 28.6 Å². The first-order chi connectivity index (χ1) is 11.6. The smallest absolute Gasteiger partial charge is 0.321 e. The lowest BCUT2D eigenvalue weighted by atomic mass is 10.00. The number of nitrogens with one attached hydrogen (secondary N) is 2. The number of carboxylic acids is 1. The molecular weight excluding hydrogens is 336 g/mol. The maximum Gasteiger partial charge on any atom is 0.321 e. The van der Waals surface area contributed by atoms with E-state index in [9.17, 15) is 9.90 Å². The highest BCUT2D eigenvalue weighted by Gasteiger charge is 2.20. The molecule has 0 fully saturated rings.